The summed E-state index contributed by atoms with van der Waals surface area (Å²) in [5.41, 5.74) is 3.19. The molecule has 1 aromatic carbocycles. The van der Waals surface area contributed by atoms with Crippen LogP contribution in [0.1, 0.15) is 37.1 Å². The van der Waals surface area contributed by atoms with Crippen molar-refractivity contribution in [2.24, 2.45) is 0 Å². The van der Waals surface area contributed by atoms with Gasteiger partial charge in [0.1, 0.15) is 5.52 Å². The number of rotatable bonds is 4. The van der Waals surface area contributed by atoms with Gasteiger partial charge in [0.05, 0.1) is 0 Å². The predicted octanol–water partition coefficient (Wildman–Crippen LogP) is 3.21. The predicted molar refractivity (Wildman–Crippen MR) is 72.7 cm³/mol. The first-order valence-electron chi connectivity index (χ1n) is 6.91. The molecule has 0 aliphatic heterocycles. The van der Waals surface area contributed by atoms with Gasteiger partial charge in [0.2, 0.25) is 0 Å². The highest BCUT2D eigenvalue weighted by Gasteiger charge is 2.13. The van der Waals surface area contributed by atoms with Crippen molar-refractivity contribution in [2.75, 3.05) is 6.54 Å². The summed E-state index contributed by atoms with van der Waals surface area (Å²) in [5.74, 6) is 0.742. The van der Waals surface area contributed by atoms with Crippen LogP contribution in [0.4, 0.5) is 0 Å². The van der Waals surface area contributed by atoms with Gasteiger partial charge in [-0.05, 0) is 43.5 Å². The highest BCUT2D eigenvalue weighted by Crippen LogP contribution is 2.19. The van der Waals surface area contributed by atoms with Crippen molar-refractivity contribution in [1.82, 2.24) is 10.3 Å². The van der Waals surface area contributed by atoms with E-state index in [4.69, 9.17) is 4.42 Å². The number of fused-ring (bicyclic) bond motifs is 1. The van der Waals surface area contributed by atoms with E-state index in [0.29, 0.717) is 0 Å². The summed E-state index contributed by atoms with van der Waals surface area (Å²) in [5, 5.41) is 3.64. The molecule has 0 bridgehead atoms. The van der Waals surface area contributed by atoms with Gasteiger partial charge in [0.25, 0.3) is 0 Å². The molecule has 18 heavy (non-hydrogen) atoms. The van der Waals surface area contributed by atoms with E-state index in [1.807, 2.05) is 6.92 Å². The van der Waals surface area contributed by atoms with Gasteiger partial charge in [-0.1, -0.05) is 18.9 Å². The minimum absolute atomic E-state index is 0.742. The molecule has 1 N–H and O–H groups in total. The van der Waals surface area contributed by atoms with Crippen LogP contribution >= 0.6 is 0 Å². The first kappa shape index (κ1) is 11.7. The lowest BCUT2D eigenvalue weighted by Gasteiger charge is -2.11. The molecule has 0 amide bonds. The molecule has 0 unspecified atom stereocenters. The van der Waals surface area contributed by atoms with Crippen LogP contribution in [0.2, 0.25) is 0 Å². The summed E-state index contributed by atoms with van der Waals surface area (Å²) in [7, 11) is 0. The summed E-state index contributed by atoms with van der Waals surface area (Å²) >= 11 is 0. The van der Waals surface area contributed by atoms with Crippen LogP contribution in [0.5, 0.6) is 0 Å². The van der Waals surface area contributed by atoms with Crippen LogP contribution in [0.3, 0.4) is 0 Å². The Morgan fingerprint density at radius 3 is 3.00 bits per heavy atom. The lowest BCUT2D eigenvalue weighted by molar-refractivity contribution is 0.527. The molecule has 1 saturated carbocycles. The van der Waals surface area contributed by atoms with Gasteiger partial charge in [-0.25, -0.2) is 4.98 Å². The third kappa shape index (κ3) is 2.56. The molecule has 3 heteroatoms. The van der Waals surface area contributed by atoms with Crippen LogP contribution in [0.25, 0.3) is 11.1 Å². The fraction of sp³-hybridized carbons (Fsp3) is 0.533. The molecule has 96 valence electrons. The summed E-state index contributed by atoms with van der Waals surface area (Å²) in [6.45, 7) is 2.95. The SMILES string of the molecule is Cc1nc2ccc(CCNC3CCCC3)cc2o1. The minimum atomic E-state index is 0.742. The van der Waals surface area contributed by atoms with Gasteiger partial charge in [-0.15, -0.1) is 0 Å². The van der Waals surface area contributed by atoms with Crippen molar-refractivity contribution in [2.45, 2.75) is 45.1 Å². The highest BCUT2D eigenvalue weighted by molar-refractivity contribution is 5.73. The van der Waals surface area contributed by atoms with Crippen LogP contribution in [-0.4, -0.2) is 17.6 Å². The number of aromatic nitrogens is 1. The molecule has 3 rings (SSSR count). The lowest BCUT2D eigenvalue weighted by atomic mass is 10.1. The molecule has 0 spiro atoms. The molecule has 1 aliphatic rings. The van der Waals surface area contributed by atoms with Gasteiger partial charge >= 0.3 is 0 Å². The Hall–Kier alpha value is -1.35. The maximum absolute atomic E-state index is 5.56. The number of aryl methyl sites for hydroxylation is 1. The molecule has 1 aliphatic carbocycles. The number of nitrogens with zero attached hydrogens (tertiary/aromatic N) is 1. The van der Waals surface area contributed by atoms with E-state index in [-0.39, 0.29) is 0 Å². The zero-order chi connectivity index (χ0) is 12.4. The Kier molecular flexibility index (Phi) is 3.33. The van der Waals surface area contributed by atoms with Crippen molar-refractivity contribution < 1.29 is 4.42 Å². The average Bonchev–Trinajstić information content (AvgIpc) is 2.96. The number of hydrogen-bond acceptors (Lipinski definition) is 3. The highest BCUT2D eigenvalue weighted by atomic mass is 16.3. The number of hydrogen-bond donors (Lipinski definition) is 1. The van der Waals surface area contributed by atoms with Crippen molar-refractivity contribution in [3.8, 4) is 0 Å². The molecule has 1 fully saturated rings. The zero-order valence-corrected chi connectivity index (χ0v) is 10.9. The third-order valence-corrected chi connectivity index (χ3v) is 3.76. The van der Waals surface area contributed by atoms with Gasteiger partial charge in [0, 0.05) is 13.0 Å². The van der Waals surface area contributed by atoms with E-state index in [1.54, 1.807) is 0 Å². The maximum Gasteiger partial charge on any atom is 0.192 e. The van der Waals surface area contributed by atoms with E-state index < -0.39 is 0 Å². The van der Waals surface area contributed by atoms with Crippen molar-refractivity contribution in [3.63, 3.8) is 0 Å². The Labute approximate surface area is 108 Å². The zero-order valence-electron chi connectivity index (χ0n) is 10.9. The van der Waals surface area contributed by atoms with E-state index in [9.17, 15) is 0 Å². The molecule has 2 aromatic rings. The van der Waals surface area contributed by atoms with E-state index in [0.717, 1.165) is 36.0 Å². The second kappa shape index (κ2) is 5.11. The topological polar surface area (TPSA) is 38.1 Å². The van der Waals surface area contributed by atoms with Crippen molar-refractivity contribution in [1.29, 1.82) is 0 Å². The first-order valence-corrected chi connectivity index (χ1v) is 6.91. The Morgan fingerprint density at radius 1 is 1.33 bits per heavy atom. The van der Waals surface area contributed by atoms with Gasteiger partial charge in [0.15, 0.2) is 11.5 Å². The first-order chi connectivity index (χ1) is 8.81. The van der Waals surface area contributed by atoms with Gasteiger partial charge in [-0.3, -0.25) is 0 Å². The maximum atomic E-state index is 5.56. The fourth-order valence-electron chi connectivity index (χ4n) is 2.79. The molecular formula is C15H20N2O. The smallest absolute Gasteiger partial charge is 0.192 e. The average molecular weight is 244 g/mol. The molecule has 0 atom stereocenters. The normalized spacial score (nSPS) is 16.7. The third-order valence-electron chi connectivity index (χ3n) is 3.76. The number of benzene rings is 1. The van der Waals surface area contributed by atoms with E-state index in [1.165, 1.54) is 31.2 Å². The van der Waals surface area contributed by atoms with Crippen molar-refractivity contribution in [3.05, 3.63) is 29.7 Å². The Morgan fingerprint density at radius 2 is 2.17 bits per heavy atom. The second-order valence-electron chi connectivity index (χ2n) is 5.22. The number of nitrogens with one attached hydrogen (secondary N) is 1. The van der Waals surface area contributed by atoms with Gasteiger partial charge in [-0.2, -0.15) is 0 Å². The van der Waals surface area contributed by atoms with Crippen LogP contribution in [0, 0.1) is 6.92 Å². The molecule has 0 radical (unpaired) electrons. The summed E-state index contributed by atoms with van der Waals surface area (Å²) in [6, 6.07) is 7.07. The molecule has 1 heterocycles. The van der Waals surface area contributed by atoms with Gasteiger partial charge < -0.3 is 9.73 Å². The summed E-state index contributed by atoms with van der Waals surface area (Å²) in [6.07, 6.45) is 6.54. The fourth-order valence-corrected chi connectivity index (χ4v) is 2.79. The van der Waals surface area contributed by atoms with Crippen LogP contribution in [0.15, 0.2) is 22.6 Å². The second-order valence-corrected chi connectivity index (χ2v) is 5.22. The van der Waals surface area contributed by atoms with Crippen LogP contribution in [-0.2, 0) is 6.42 Å². The molecule has 1 aromatic heterocycles. The molecule has 3 nitrogen and oxygen atoms in total. The van der Waals surface area contributed by atoms with Crippen molar-refractivity contribution >= 4 is 11.1 Å². The quantitative estimate of drug-likeness (QED) is 0.897. The molecule has 0 saturated heterocycles. The number of oxazole rings is 1. The largest absolute Gasteiger partial charge is 0.441 e. The van der Waals surface area contributed by atoms with E-state index >= 15 is 0 Å². The summed E-state index contributed by atoms with van der Waals surface area (Å²) < 4.78 is 5.56. The Balaban J connectivity index is 1.59. The standard InChI is InChI=1S/C15H20N2O/c1-11-17-14-7-6-12(10-15(14)18-11)8-9-16-13-4-2-3-5-13/h6-7,10,13,16H,2-5,8-9H2,1H3. The lowest BCUT2D eigenvalue weighted by Crippen LogP contribution is -2.27. The Bertz CT molecular complexity index is 526. The van der Waals surface area contributed by atoms with E-state index in [2.05, 4.69) is 28.5 Å². The molecular weight excluding hydrogens is 224 g/mol. The van der Waals surface area contributed by atoms with Crippen LogP contribution < -0.4 is 5.32 Å². The summed E-state index contributed by atoms with van der Waals surface area (Å²) in [4.78, 5) is 4.32. The monoisotopic (exact) mass is 244 g/mol. The minimum Gasteiger partial charge on any atom is -0.441 e.